The molecule has 1 aromatic carbocycles. The van der Waals surface area contributed by atoms with Gasteiger partial charge in [0.1, 0.15) is 10.4 Å². The van der Waals surface area contributed by atoms with E-state index in [2.05, 4.69) is 4.98 Å². The van der Waals surface area contributed by atoms with Crippen LogP contribution >= 0.6 is 11.6 Å². The number of aromatic hydroxyl groups is 1. The molecule has 2 N–H and O–H groups in total. The van der Waals surface area contributed by atoms with Crippen molar-refractivity contribution in [2.75, 3.05) is 0 Å². The van der Waals surface area contributed by atoms with E-state index in [1.807, 2.05) is 0 Å². The van der Waals surface area contributed by atoms with Crippen molar-refractivity contribution in [1.82, 2.24) is 4.98 Å². The highest BCUT2D eigenvalue weighted by atomic mass is 35.5. The van der Waals surface area contributed by atoms with Crippen molar-refractivity contribution in [3.63, 3.8) is 0 Å². The molecule has 0 bridgehead atoms. The molecule has 0 amide bonds. The molecule has 0 saturated carbocycles. The van der Waals surface area contributed by atoms with Crippen LogP contribution in [0, 0.1) is 0 Å². The summed E-state index contributed by atoms with van der Waals surface area (Å²) in [6, 6.07) is 7.01. The SMILES string of the molecule is O=S(=O)(c1ccc[n+](O)c1)c1cc(Cl)c(O)c2ncccc12. The molecule has 0 saturated heterocycles. The van der Waals surface area contributed by atoms with Crippen LogP contribution in [0.5, 0.6) is 5.75 Å². The zero-order chi connectivity index (χ0) is 15.9. The van der Waals surface area contributed by atoms with Gasteiger partial charge in [-0.05, 0) is 24.3 Å². The lowest BCUT2D eigenvalue weighted by atomic mass is 10.2. The van der Waals surface area contributed by atoms with Crippen molar-refractivity contribution < 1.29 is 23.5 Å². The summed E-state index contributed by atoms with van der Waals surface area (Å²) in [5, 5.41) is 19.5. The molecule has 0 atom stereocenters. The van der Waals surface area contributed by atoms with Crippen molar-refractivity contribution in [2.45, 2.75) is 9.79 Å². The first kappa shape index (κ1) is 14.6. The number of hydrogen-bond acceptors (Lipinski definition) is 5. The Bertz CT molecular complexity index is 989. The van der Waals surface area contributed by atoms with Gasteiger partial charge in [0.2, 0.25) is 22.2 Å². The van der Waals surface area contributed by atoms with Gasteiger partial charge in [-0.3, -0.25) is 10.2 Å². The molecule has 0 aliphatic heterocycles. The second-order valence-corrected chi connectivity index (χ2v) is 6.85. The molecule has 0 spiro atoms. The highest BCUT2D eigenvalue weighted by Crippen LogP contribution is 2.37. The Balaban J connectivity index is 2.37. The van der Waals surface area contributed by atoms with Gasteiger partial charge in [0, 0.05) is 22.4 Å². The minimum absolute atomic E-state index is 0.0930. The molecule has 3 rings (SSSR count). The van der Waals surface area contributed by atoms with Crippen LogP contribution in [-0.2, 0) is 9.84 Å². The zero-order valence-electron chi connectivity index (χ0n) is 11.0. The molecular weight excluding hydrogens is 328 g/mol. The third-order valence-corrected chi connectivity index (χ3v) is 5.21. The smallest absolute Gasteiger partial charge is 0.241 e. The normalized spacial score (nSPS) is 11.7. The van der Waals surface area contributed by atoms with Crippen molar-refractivity contribution in [1.29, 1.82) is 0 Å². The van der Waals surface area contributed by atoms with Crippen molar-refractivity contribution in [3.8, 4) is 5.75 Å². The van der Waals surface area contributed by atoms with Crippen LogP contribution in [0.2, 0.25) is 5.02 Å². The number of fused-ring (bicyclic) bond motifs is 1. The van der Waals surface area contributed by atoms with Crippen LogP contribution in [0.3, 0.4) is 0 Å². The molecular formula is C14H10ClN2O4S+. The molecule has 112 valence electrons. The third-order valence-electron chi connectivity index (χ3n) is 3.14. The minimum atomic E-state index is -3.94. The Morgan fingerprint density at radius 1 is 1.23 bits per heavy atom. The quantitative estimate of drug-likeness (QED) is 0.551. The van der Waals surface area contributed by atoms with E-state index in [0.29, 0.717) is 4.73 Å². The summed E-state index contributed by atoms with van der Waals surface area (Å²) in [7, 11) is -3.94. The fraction of sp³-hybridized carbons (Fsp3) is 0. The van der Waals surface area contributed by atoms with E-state index in [4.69, 9.17) is 11.6 Å². The van der Waals surface area contributed by atoms with E-state index in [-0.39, 0.29) is 31.5 Å². The van der Waals surface area contributed by atoms with Crippen molar-refractivity contribution >= 4 is 32.3 Å². The lowest BCUT2D eigenvalue weighted by Crippen LogP contribution is -2.29. The highest BCUT2D eigenvalue weighted by Gasteiger charge is 2.26. The van der Waals surface area contributed by atoms with E-state index < -0.39 is 9.84 Å². The Labute approximate surface area is 130 Å². The van der Waals surface area contributed by atoms with Crippen LogP contribution in [-0.4, -0.2) is 23.7 Å². The lowest BCUT2D eigenvalue weighted by molar-refractivity contribution is -0.906. The second kappa shape index (κ2) is 5.11. The van der Waals surface area contributed by atoms with Gasteiger partial charge in [-0.2, -0.15) is 0 Å². The molecule has 0 aliphatic carbocycles. The van der Waals surface area contributed by atoms with Gasteiger partial charge >= 0.3 is 0 Å². The summed E-state index contributed by atoms with van der Waals surface area (Å²) >= 11 is 5.91. The standard InChI is InChI=1S/C14H9ClN2O4S/c15-11-7-12(10-4-1-5-16-13(10)14(11)18)22(20,21)9-3-2-6-17(19)8-9/h1-8H,(H-,18,19)/p+1. The van der Waals surface area contributed by atoms with Crippen LogP contribution in [0.1, 0.15) is 0 Å². The lowest BCUT2D eigenvalue weighted by Gasteiger charge is -2.09. The van der Waals surface area contributed by atoms with Gasteiger partial charge in [0.15, 0.2) is 5.75 Å². The maximum atomic E-state index is 12.8. The number of phenolic OH excluding ortho intramolecular Hbond substituents is 1. The van der Waals surface area contributed by atoms with Gasteiger partial charge in [-0.1, -0.05) is 11.6 Å². The van der Waals surface area contributed by atoms with Crippen molar-refractivity contribution in [2.24, 2.45) is 0 Å². The Hall–Kier alpha value is -2.38. The van der Waals surface area contributed by atoms with E-state index in [1.54, 1.807) is 6.07 Å². The largest absolute Gasteiger partial charge is 0.504 e. The number of aromatic nitrogens is 2. The molecule has 2 aromatic heterocycles. The van der Waals surface area contributed by atoms with Crippen LogP contribution in [0.15, 0.2) is 58.7 Å². The summed E-state index contributed by atoms with van der Waals surface area (Å²) in [5.74, 6) is -0.276. The molecule has 0 aliphatic rings. The maximum Gasteiger partial charge on any atom is 0.241 e. The van der Waals surface area contributed by atoms with Gasteiger partial charge in [-0.15, -0.1) is 0 Å². The minimum Gasteiger partial charge on any atom is -0.504 e. The molecule has 8 heteroatoms. The molecule has 0 unspecified atom stereocenters. The first-order chi connectivity index (χ1) is 10.4. The van der Waals surface area contributed by atoms with Gasteiger partial charge < -0.3 is 5.11 Å². The number of hydrogen-bond donors (Lipinski definition) is 2. The number of halogens is 1. The summed E-state index contributed by atoms with van der Waals surface area (Å²) in [4.78, 5) is 3.77. The first-order valence-electron chi connectivity index (χ1n) is 6.13. The van der Waals surface area contributed by atoms with E-state index >= 15 is 0 Å². The highest BCUT2D eigenvalue weighted by molar-refractivity contribution is 7.91. The molecule has 0 fully saturated rings. The zero-order valence-corrected chi connectivity index (χ0v) is 12.6. The van der Waals surface area contributed by atoms with Crippen LogP contribution < -0.4 is 4.73 Å². The number of benzene rings is 1. The fourth-order valence-electron chi connectivity index (χ4n) is 2.12. The summed E-state index contributed by atoms with van der Waals surface area (Å²) in [5.41, 5.74) is 0.0985. The average molecular weight is 338 g/mol. The Kier molecular flexibility index (Phi) is 3.38. The number of pyridine rings is 2. The maximum absolute atomic E-state index is 12.8. The molecule has 2 heterocycles. The van der Waals surface area contributed by atoms with E-state index in [0.717, 1.165) is 6.20 Å². The predicted molar refractivity (Wildman–Crippen MR) is 77.7 cm³/mol. The van der Waals surface area contributed by atoms with E-state index in [1.165, 1.54) is 36.7 Å². The average Bonchev–Trinajstić information content (AvgIpc) is 2.51. The summed E-state index contributed by atoms with van der Waals surface area (Å²) in [6.07, 6.45) is 3.79. The second-order valence-electron chi connectivity index (χ2n) is 4.53. The monoisotopic (exact) mass is 337 g/mol. The van der Waals surface area contributed by atoms with Crippen LogP contribution in [0.25, 0.3) is 10.9 Å². The number of nitrogens with zero attached hydrogens (tertiary/aromatic N) is 2. The number of phenols is 1. The number of sulfone groups is 1. The first-order valence-corrected chi connectivity index (χ1v) is 7.99. The molecule has 22 heavy (non-hydrogen) atoms. The molecule has 6 nitrogen and oxygen atoms in total. The fourth-order valence-corrected chi connectivity index (χ4v) is 3.87. The predicted octanol–water partition coefficient (Wildman–Crippen LogP) is 1.95. The van der Waals surface area contributed by atoms with Crippen molar-refractivity contribution in [3.05, 3.63) is 53.9 Å². The Morgan fingerprint density at radius 3 is 2.73 bits per heavy atom. The van der Waals surface area contributed by atoms with Gasteiger partial charge in [0.05, 0.1) is 9.92 Å². The summed E-state index contributed by atoms with van der Waals surface area (Å²) in [6.45, 7) is 0. The third kappa shape index (κ3) is 2.24. The van der Waals surface area contributed by atoms with Gasteiger partial charge in [0.25, 0.3) is 0 Å². The van der Waals surface area contributed by atoms with Gasteiger partial charge in [-0.25, -0.2) is 8.42 Å². The number of rotatable bonds is 2. The summed E-state index contributed by atoms with van der Waals surface area (Å²) < 4.78 is 26.2. The molecule has 3 aromatic rings. The van der Waals surface area contributed by atoms with E-state index in [9.17, 15) is 18.7 Å². The van der Waals surface area contributed by atoms with Crippen LogP contribution in [0.4, 0.5) is 0 Å². The molecule has 0 radical (unpaired) electrons. The topological polar surface area (TPSA) is 91.4 Å². The Morgan fingerprint density at radius 2 is 2.00 bits per heavy atom.